The summed E-state index contributed by atoms with van der Waals surface area (Å²) in [4.78, 5) is 23.3. The van der Waals surface area contributed by atoms with E-state index in [2.05, 4.69) is 5.32 Å². The first-order chi connectivity index (χ1) is 12.3. The van der Waals surface area contributed by atoms with Crippen LogP contribution in [0.1, 0.15) is 15.9 Å². The molecule has 132 valence electrons. The fourth-order valence-electron chi connectivity index (χ4n) is 2.08. The van der Waals surface area contributed by atoms with Gasteiger partial charge in [-0.3, -0.25) is 4.79 Å². The normalized spacial score (nSPS) is 10.7. The van der Waals surface area contributed by atoms with Crippen molar-refractivity contribution < 1.29 is 24.5 Å². The number of nitriles is 1. The Morgan fingerprint density at radius 2 is 2.04 bits per heavy atom. The number of phenols is 1. The van der Waals surface area contributed by atoms with Gasteiger partial charge in [0.25, 0.3) is 5.91 Å². The number of hydrogen-bond acceptors (Lipinski definition) is 5. The van der Waals surface area contributed by atoms with Gasteiger partial charge in [0, 0.05) is 5.69 Å². The Balaban J connectivity index is 2.31. The lowest BCUT2D eigenvalue weighted by Crippen LogP contribution is -2.14. The quantitative estimate of drug-likeness (QED) is 0.355. The van der Waals surface area contributed by atoms with E-state index in [-0.39, 0.29) is 28.3 Å². The van der Waals surface area contributed by atoms with Crippen LogP contribution in [0.4, 0.5) is 5.69 Å². The van der Waals surface area contributed by atoms with E-state index in [1.807, 2.05) is 22.6 Å². The van der Waals surface area contributed by atoms with Crippen LogP contribution in [0.15, 0.2) is 42.0 Å². The number of methoxy groups -OCH3 is 1. The van der Waals surface area contributed by atoms with Crippen LogP contribution in [-0.4, -0.2) is 29.2 Å². The number of phenolic OH excluding ortho intramolecular Hbond substituents is 1. The van der Waals surface area contributed by atoms with E-state index in [1.165, 1.54) is 43.5 Å². The van der Waals surface area contributed by atoms with Crippen LogP contribution in [0.3, 0.4) is 0 Å². The number of aromatic hydroxyl groups is 1. The summed E-state index contributed by atoms with van der Waals surface area (Å²) in [6, 6.07) is 10.6. The van der Waals surface area contributed by atoms with Gasteiger partial charge in [-0.05, 0) is 64.6 Å². The third-order valence-corrected chi connectivity index (χ3v) is 4.14. The molecule has 0 unspecified atom stereocenters. The average molecular weight is 464 g/mol. The zero-order valence-electron chi connectivity index (χ0n) is 13.5. The zero-order chi connectivity index (χ0) is 19.3. The zero-order valence-corrected chi connectivity index (χ0v) is 15.6. The third kappa shape index (κ3) is 4.52. The van der Waals surface area contributed by atoms with Crippen molar-refractivity contribution in [3.63, 3.8) is 0 Å². The predicted octanol–water partition coefficient (Wildman–Crippen LogP) is 3.25. The van der Waals surface area contributed by atoms with Crippen LogP contribution in [0.2, 0.25) is 0 Å². The minimum atomic E-state index is -1.12. The maximum Gasteiger partial charge on any atom is 0.335 e. The molecule has 3 N–H and O–H groups in total. The molecule has 0 bridgehead atoms. The molecule has 2 rings (SSSR count). The van der Waals surface area contributed by atoms with Crippen LogP contribution < -0.4 is 10.1 Å². The summed E-state index contributed by atoms with van der Waals surface area (Å²) in [5.41, 5.74) is 0.585. The minimum absolute atomic E-state index is 0.0168. The standard InChI is InChI=1S/C18H13IN2O5/c1-26-15-7-10(6-14(19)16(15)22)5-12(9-20)17(23)21-13-4-2-3-11(8-13)18(24)25/h2-8,22H,1H3,(H,21,23)(H,24,25)/b12-5-. The summed E-state index contributed by atoms with van der Waals surface area (Å²) in [6.45, 7) is 0. The summed E-state index contributed by atoms with van der Waals surface area (Å²) < 4.78 is 5.55. The first-order valence-corrected chi connectivity index (χ1v) is 8.26. The number of carbonyl (C=O) groups excluding carboxylic acids is 1. The predicted molar refractivity (Wildman–Crippen MR) is 103 cm³/mol. The van der Waals surface area contributed by atoms with Gasteiger partial charge in [0.2, 0.25) is 0 Å². The third-order valence-electron chi connectivity index (χ3n) is 3.31. The molecule has 0 aliphatic heterocycles. The summed E-state index contributed by atoms with van der Waals surface area (Å²) in [7, 11) is 1.39. The fourth-order valence-corrected chi connectivity index (χ4v) is 2.70. The van der Waals surface area contributed by atoms with E-state index < -0.39 is 11.9 Å². The molecule has 8 heteroatoms. The van der Waals surface area contributed by atoms with Crippen molar-refractivity contribution in [2.45, 2.75) is 0 Å². The molecule has 7 nitrogen and oxygen atoms in total. The first-order valence-electron chi connectivity index (χ1n) is 7.18. The van der Waals surface area contributed by atoms with E-state index in [0.29, 0.717) is 9.13 Å². The number of amides is 1. The van der Waals surface area contributed by atoms with E-state index in [1.54, 1.807) is 12.1 Å². The Kier molecular flexibility index (Phi) is 6.19. The molecule has 0 radical (unpaired) electrons. The van der Waals surface area contributed by atoms with Crippen molar-refractivity contribution in [3.05, 3.63) is 56.7 Å². The van der Waals surface area contributed by atoms with Crippen molar-refractivity contribution in [1.29, 1.82) is 5.26 Å². The number of hydrogen-bond donors (Lipinski definition) is 3. The number of ether oxygens (including phenoxy) is 1. The maximum atomic E-state index is 12.3. The smallest absolute Gasteiger partial charge is 0.335 e. The molecule has 2 aromatic carbocycles. The summed E-state index contributed by atoms with van der Waals surface area (Å²) in [5, 5.41) is 30.6. The molecule has 2 aromatic rings. The Morgan fingerprint density at radius 3 is 2.65 bits per heavy atom. The van der Waals surface area contributed by atoms with E-state index in [9.17, 15) is 20.0 Å². The molecule has 0 fully saturated rings. The molecule has 26 heavy (non-hydrogen) atoms. The highest BCUT2D eigenvalue weighted by Crippen LogP contribution is 2.33. The van der Waals surface area contributed by atoms with Gasteiger partial charge in [-0.2, -0.15) is 5.26 Å². The van der Waals surface area contributed by atoms with Gasteiger partial charge in [-0.1, -0.05) is 6.07 Å². The molecule has 0 aliphatic rings. The molecule has 0 spiro atoms. The van der Waals surface area contributed by atoms with E-state index >= 15 is 0 Å². The highest BCUT2D eigenvalue weighted by atomic mass is 127. The molecule has 0 heterocycles. The minimum Gasteiger partial charge on any atom is -0.504 e. The average Bonchev–Trinajstić information content (AvgIpc) is 2.62. The first kappa shape index (κ1) is 19.3. The lowest BCUT2D eigenvalue weighted by Gasteiger charge is -2.08. The van der Waals surface area contributed by atoms with Gasteiger partial charge in [-0.15, -0.1) is 0 Å². The second-order valence-corrected chi connectivity index (χ2v) is 6.23. The molecular weight excluding hydrogens is 451 g/mol. The summed E-state index contributed by atoms with van der Waals surface area (Å²) >= 11 is 1.91. The number of halogens is 1. The van der Waals surface area contributed by atoms with Gasteiger partial charge in [0.05, 0.1) is 16.2 Å². The number of benzene rings is 2. The van der Waals surface area contributed by atoms with Crippen LogP contribution in [0.25, 0.3) is 6.08 Å². The molecule has 0 aromatic heterocycles. The van der Waals surface area contributed by atoms with E-state index in [4.69, 9.17) is 9.84 Å². The Hall–Kier alpha value is -3.06. The molecule has 0 saturated carbocycles. The number of rotatable bonds is 5. The van der Waals surface area contributed by atoms with Crippen molar-refractivity contribution >= 4 is 46.2 Å². The monoisotopic (exact) mass is 464 g/mol. The second-order valence-electron chi connectivity index (χ2n) is 5.06. The molecule has 0 atom stereocenters. The lowest BCUT2D eigenvalue weighted by atomic mass is 10.1. The van der Waals surface area contributed by atoms with Crippen molar-refractivity contribution in [3.8, 4) is 17.6 Å². The van der Waals surface area contributed by atoms with Crippen LogP contribution in [-0.2, 0) is 4.79 Å². The highest BCUT2D eigenvalue weighted by molar-refractivity contribution is 14.1. The number of carboxylic acid groups (broad SMARTS) is 1. The Labute approximate surface area is 162 Å². The second kappa shape index (κ2) is 8.35. The molecular formula is C18H13IN2O5. The topological polar surface area (TPSA) is 120 Å². The number of carboxylic acids is 1. The number of carbonyl (C=O) groups is 2. The van der Waals surface area contributed by atoms with Crippen LogP contribution in [0.5, 0.6) is 11.5 Å². The van der Waals surface area contributed by atoms with Gasteiger partial charge in [0.1, 0.15) is 11.6 Å². The van der Waals surface area contributed by atoms with Crippen molar-refractivity contribution in [2.24, 2.45) is 0 Å². The molecule has 1 amide bonds. The highest BCUT2D eigenvalue weighted by Gasteiger charge is 2.13. The summed E-state index contributed by atoms with van der Waals surface area (Å²) in [6.07, 6.45) is 1.35. The SMILES string of the molecule is COc1cc(/C=C(/C#N)C(=O)Nc2cccc(C(=O)O)c2)cc(I)c1O. The van der Waals surface area contributed by atoms with Gasteiger partial charge < -0.3 is 20.3 Å². The van der Waals surface area contributed by atoms with Crippen LogP contribution >= 0.6 is 22.6 Å². The number of aromatic carboxylic acids is 1. The molecule has 0 aliphatic carbocycles. The molecule has 0 saturated heterocycles. The van der Waals surface area contributed by atoms with Crippen LogP contribution in [0, 0.1) is 14.9 Å². The Morgan fingerprint density at radius 1 is 1.31 bits per heavy atom. The van der Waals surface area contributed by atoms with Gasteiger partial charge >= 0.3 is 5.97 Å². The largest absolute Gasteiger partial charge is 0.504 e. The fraction of sp³-hybridized carbons (Fsp3) is 0.0556. The summed E-state index contributed by atoms with van der Waals surface area (Å²) in [5.74, 6) is -1.62. The Bertz CT molecular complexity index is 947. The maximum absolute atomic E-state index is 12.3. The van der Waals surface area contributed by atoms with Gasteiger partial charge in [0.15, 0.2) is 11.5 Å². The van der Waals surface area contributed by atoms with Crippen molar-refractivity contribution in [1.82, 2.24) is 0 Å². The van der Waals surface area contributed by atoms with Gasteiger partial charge in [-0.25, -0.2) is 4.79 Å². The number of nitrogens with one attached hydrogen (secondary N) is 1. The lowest BCUT2D eigenvalue weighted by molar-refractivity contribution is -0.112. The van der Waals surface area contributed by atoms with Crippen molar-refractivity contribution in [2.75, 3.05) is 12.4 Å². The van der Waals surface area contributed by atoms with E-state index in [0.717, 1.165) is 0 Å². The number of anilines is 1. The number of nitrogens with zero attached hydrogens (tertiary/aromatic N) is 1.